The highest BCUT2D eigenvalue weighted by molar-refractivity contribution is 5.30. The predicted molar refractivity (Wildman–Crippen MR) is 86.3 cm³/mol. The first-order valence-electron chi connectivity index (χ1n) is 8.71. The monoisotopic (exact) mass is 271 g/mol. The van der Waals surface area contributed by atoms with Gasteiger partial charge in [0.25, 0.3) is 0 Å². The molecule has 0 saturated heterocycles. The molecule has 0 aliphatic heterocycles. The minimum absolute atomic E-state index is 0.707. The molecule has 2 saturated carbocycles. The van der Waals surface area contributed by atoms with E-state index >= 15 is 0 Å². The molecule has 2 aliphatic rings. The van der Waals surface area contributed by atoms with E-state index in [-0.39, 0.29) is 0 Å². The van der Waals surface area contributed by atoms with Gasteiger partial charge < -0.3 is 5.32 Å². The Kier molecular flexibility index (Phi) is 4.77. The van der Waals surface area contributed by atoms with Crippen LogP contribution in [0.2, 0.25) is 0 Å². The van der Waals surface area contributed by atoms with Crippen molar-refractivity contribution in [2.75, 3.05) is 6.54 Å². The summed E-state index contributed by atoms with van der Waals surface area (Å²) in [5, 5.41) is 3.78. The highest BCUT2D eigenvalue weighted by Gasteiger charge is 2.26. The lowest BCUT2D eigenvalue weighted by atomic mass is 9.77. The van der Waals surface area contributed by atoms with Crippen molar-refractivity contribution in [3.63, 3.8) is 0 Å². The number of hydrogen-bond donors (Lipinski definition) is 1. The van der Waals surface area contributed by atoms with Gasteiger partial charge >= 0.3 is 0 Å². The first-order valence-corrected chi connectivity index (χ1v) is 8.71. The lowest BCUT2D eigenvalue weighted by Crippen LogP contribution is -2.37. The van der Waals surface area contributed by atoms with Crippen LogP contribution in [0.25, 0.3) is 0 Å². The lowest BCUT2D eigenvalue weighted by Gasteiger charge is -2.33. The van der Waals surface area contributed by atoms with Crippen molar-refractivity contribution in [2.24, 2.45) is 0 Å². The fourth-order valence-electron chi connectivity index (χ4n) is 3.86. The van der Waals surface area contributed by atoms with Crippen LogP contribution in [0.4, 0.5) is 0 Å². The first kappa shape index (κ1) is 14.1. The summed E-state index contributed by atoms with van der Waals surface area (Å²) in [6, 6.07) is 10.4. The molecule has 1 aromatic carbocycles. The summed E-state index contributed by atoms with van der Waals surface area (Å²) >= 11 is 0. The SMILES string of the molecule is CCCNC1CCCCC1c1ccc(C2CCC2)cc1. The van der Waals surface area contributed by atoms with Gasteiger partial charge in [0, 0.05) is 6.04 Å². The number of hydrogen-bond acceptors (Lipinski definition) is 1. The van der Waals surface area contributed by atoms with Crippen molar-refractivity contribution in [3.05, 3.63) is 35.4 Å². The van der Waals surface area contributed by atoms with E-state index in [2.05, 4.69) is 36.5 Å². The standard InChI is InChI=1S/C19H29N/c1-2-14-20-19-9-4-3-8-18(19)17-12-10-16(11-13-17)15-6-5-7-15/h10-13,15,18-20H,2-9,14H2,1H3. The van der Waals surface area contributed by atoms with Crippen LogP contribution in [-0.2, 0) is 0 Å². The Hall–Kier alpha value is -0.820. The largest absolute Gasteiger partial charge is 0.313 e. The fraction of sp³-hybridized carbons (Fsp3) is 0.684. The van der Waals surface area contributed by atoms with E-state index in [9.17, 15) is 0 Å². The van der Waals surface area contributed by atoms with Gasteiger partial charge in [-0.2, -0.15) is 0 Å². The van der Waals surface area contributed by atoms with Gasteiger partial charge in [0.2, 0.25) is 0 Å². The molecule has 3 rings (SSSR count). The van der Waals surface area contributed by atoms with Crippen molar-refractivity contribution < 1.29 is 0 Å². The zero-order valence-electron chi connectivity index (χ0n) is 12.9. The molecule has 1 heteroatoms. The van der Waals surface area contributed by atoms with E-state index in [4.69, 9.17) is 0 Å². The van der Waals surface area contributed by atoms with Crippen LogP contribution in [0.3, 0.4) is 0 Å². The third-order valence-electron chi connectivity index (χ3n) is 5.36. The minimum atomic E-state index is 0.707. The quantitative estimate of drug-likeness (QED) is 0.796. The highest BCUT2D eigenvalue weighted by atomic mass is 14.9. The molecule has 0 radical (unpaired) electrons. The van der Waals surface area contributed by atoms with Crippen molar-refractivity contribution in [1.82, 2.24) is 5.32 Å². The smallest absolute Gasteiger partial charge is 0.0136 e. The summed E-state index contributed by atoms with van der Waals surface area (Å²) in [7, 11) is 0. The Bertz CT molecular complexity index is 404. The van der Waals surface area contributed by atoms with Gasteiger partial charge in [-0.05, 0) is 61.6 Å². The molecular weight excluding hydrogens is 242 g/mol. The molecule has 0 amide bonds. The minimum Gasteiger partial charge on any atom is -0.313 e. The Morgan fingerprint density at radius 2 is 1.60 bits per heavy atom. The summed E-state index contributed by atoms with van der Waals surface area (Å²) in [6.45, 7) is 3.43. The van der Waals surface area contributed by atoms with Gasteiger partial charge in [-0.1, -0.05) is 50.5 Å². The van der Waals surface area contributed by atoms with Crippen LogP contribution >= 0.6 is 0 Å². The van der Waals surface area contributed by atoms with Gasteiger partial charge in [0.15, 0.2) is 0 Å². The van der Waals surface area contributed by atoms with Gasteiger partial charge in [-0.25, -0.2) is 0 Å². The molecular formula is C19H29N. The van der Waals surface area contributed by atoms with E-state index in [0.29, 0.717) is 6.04 Å². The Labute approximate surface area is 124 Å². The molecule has 2 atom stereocenters. The summed E-state index contributed by atoms with van der Waals surface area (Å²) in [5.74, 6) is 1.61. The number of benzene rings is 1. The zero-order chi connectivity index (χ0) is 13.8. The van der Waals surface area contributed by atoms with Crippen LogP contribution in [0, 0.1) is 0 Å². The first-order chi connectivity index (χ1) is 9.88. The molecule has 0 heterocycles. The second-order valence-electron chi connectivity index (χ2n) is 6.75. The van der Waals surface area contributed by atoms with Crippen molar-refractivity contribution in [2.45, 2.75) is 76.2 Å². The van der Waals surface area contributed by atoms with Crippen LogP contribution in [0.15, 0.2) is 24.3 Å². The van der Waals surface area contributed by atoms with Crippen LogP contribution in [0.5, 0.6) is 0 Å². The van der Waals surface area contributed by atoms with Gasteiger partial charge in [-0.3, -0.25) is 0 Å². The van der Waals surface area contributed by atoms with Crippen molar-refractivity contribution in [3.8, 4) is 0 Å². The Balaban J connectivity index is 1.68. The van der Waals surface area contributed by atoms with E-state index in [1.54, 1.807) is 11.1 Å². The number of nitrogens with one attached hydrogen (secondary N) is 1. The molecule has 1 aromatic rings. The molecule has 2 unspecified atom stereocenters. The van der Waals surface area contributed by atoms with Gasteiger partial charge in [0.1, 0.15) is 0 Å². The third kappa shape index (κ3) is 3.09. The summed E-state index contributed by atoms with van der Waals surface area (Å²) in [4.78, 5) is 0. The molecule has 0 aromatic heterocycles. The normalized spacial score (nSPS) is 27.2. The van der Waals surface area contributed by atoms with Gasteiger partial charge in [0.05, 0.1) is 0 Å². The maximum absolute atomic E-state index is 3.78. The van der Waals surface area contributed by atoms with Crippen LogP contribution in [-0.4, -0.2) is 12.6 Å². The summed E-state index contributed by atoms with van der Waals surface area (Å²) in [5.41, 5.74) is 3.15. The molecule has 1 N–H and O–H groups in total. The van der Waals surface area contributed by atoms with Crippen molar-refractivity contribution >= 4 is 0 Å². The summed E-state index contributed by atoms with van der Waals surface area (Å²) in [6.07, 6.45) is 11.0. The van der Waals surface area contributed by atoms with E-state index in [0.717, 1.165) is 11.8 Å². The molecule has 2 fully saturated rings. The third-order valence-corrected chi connectivity index (χ3v) is 5.36. The van der Waals surface area contributed by atoms with Crippen molar-refractivity contribution in [1.29, 1.82) is 0 Å². The van der Waals surface area contributed by atoms with Crippen LogP contribution < -0.4 is 5.32 Å². The Morgan fingerprint density at radius 1 is 0.900 bits per heavy atom. The molecule has 0 spiro atoms. The molecule has 1 nitrogen and oxygen atoms in total. The van der Waals surface area contributed by atoms with E-state index in [1.165, 1.54) is 57.9 Å². The summed E-state index contributed by atoms with van der Waals surface area (Å²) < 4.78 is 0. The average Bonchev–Trinajstić information content (AvgIpc) is 2.44. The maximum Gasteiger partial charge on any atom is 0.0136 e. The van der Waals surface area contributed by atoms with Gasteiger partial charge in [-0.15, -0.1) is 0 Å². The molecule has 20 heavy (non-hydrogen) atoms. The topological polar surface area (TPSA) is 12.0 Å². The number of rotatable bonds is 5. The molecule has 0 bridgehead atoms. The Morgan fingerprint density at radius 3 is 2.25 bits per heavy atom. The second kappa shape index (κ2) is 6.76. The zero-order valence-corrected chi connectivity index (χ0v) is 12.9. The predicted octanol–water partition coefficient (Wildman–Crippen LogP) is 4.98. The van der Waals surface area contributed by atoms with Crippen LogP contribution in [0.1, 0.15) is 81.3 Å². The second-order valence-corrected chi connectivity index (χ2v) is 6.75. The van der Waals surface area contributed by atoms with E-state index in [1.807, 2.05) is 0 Å². The average molecular weight is 271 g/mol. The fourth-order valence-corrected chi connectivity index (χ4v) is 3.86. The lowest BCUT2D eigenvalue weighted by molar-refractivity contribution is 0.328. The van der Waals surface area contributed by atoms with E-state index < -0.39 is 0 Å². The maximum atomic E-state index is 3.78. The molecule has 110 valence electrons. The molecule has 2 aliphatic carbocycles. The highest BCUT2D eigenvalue weighted by Crippen LogP contribution is 2.38.